The summed E-state index contributed by atoms with van der Waals surface area (Å²) in [6, 6.07) is 16.4. The highest BCUT2D eigenvalue weighted by atomic mass is 16.6. The third kappa shape index (κ3) is 4.16. The summed E-state index contributed by atoms with van der Waals surface area (Å²) >= 11 is 0. The number of amides is 1. The third-order valence-corrected chi connectivity index (χ3v) is 8.11. The number of quaternary nitrogens is 1. The van der Waals surface area contributed by atoms with Crippen molar-refractivity contribution in [3.8, 4) is 0 Å². The second kappa shape index (κ2) is 8.97. The van der Waals surface area contributed by atoms with Gasteiger partial charge < -0.3 is 24.2 Å². The number of nitrogens with one attached hydrogen (secondary N) is 1. The Morgan fingerprint density at radius 1 is 1.08 bits per heavy atom. The molecule has 0 radical (unpaired) electrons. The van der Waals surface area contributed by atoms with Gasteiger partial charge in [0.25, 0.3) is 5.91 Å². The normalized spacial score (nSPS) is 25.0. The van der Waals surface area contributed by atoms with Crippen molar-refractivity contribution in [1.29, 1.82) is 0 Å². The number of aliphatic hydroxyl groups is 1. The van der Waals surface area contributed by atoms with Crippen LogP contribution in [-0.2, 0) is 19.9 Å². The van der Waals surface area contributed by atoms with Crippen molar-refractivity contribution >= 4 is 29.8 Å². The van der Waals surface area contributed by atoms with E-state index in [0.29, 0.717) is 33.7 Å². The van der Waals surface area contributed by atoms with Crippen molar-refractivity contribution in [3.05, 3.63) is 82.6 Å². The first-order valence-electron chi connectivity index (χ1n) is 12.8. The number of hydrogen-bond donors (Lipinski definition) is 2. The van der Waals surface area contributed by atoms with Crippen molar-refractivity contribution in [2.45, 2.75) is 31.5 Å². The topological polar surface area (TPSA) is 102 Å². The molecule has 2 bridgehead atoms. The van der Waals surface area contributed by atoms with Gasteiger partial charge in [-0.25, -0.2) is 4.79 Å². The van der Waals surface area contributed by atoms with Crippen LogP contribution in [0.1, 0.15) is 40.9 Å². The maximum atomic E-state index is 13.9. The van der Waals surface area contributed by atoms with Gasteiger partial charge in [0, 0.05) is 36.0 Å². The van der Waals surface area contributed by atoms with E-state index in [2.05, 4.69) is 10.5 Å². The molecule has 2 aromatic carbocycles. The Morgan fingerprint density at radius 2 is 1.70 bits per heavy atom. The molecule has 1 aromatic heterocycles. The lowest BCUT2D eigenvalue weighted by Crippen LogP contribution is -2.66. The fraction of sp³-hybridized carbons (Fsp3) is 0.345. The van der Waals surface area contributed by atoms with Crippen molar-refractivity contribution < 1.29 is 28.4 Å². The van der Waals surface area contributed by atoms with E-state index in [1.165, 1.54) is 0 Å². The number of ether oxygens (including phenoxy) is 1. The molecule has 1 unspecified atom stereocenters. The molecule has 2 N–H and O–H groups in total. The molecule has 7 rings (SSSR count). The molecule has 3 aromatic rings. The van der Waals surface area contributed by atoms with Gasteiger partial charge in [-0.05, 0) is 18.1 Å². The molecule has 190 valence electrons. The standard InChI is InChI=1S/C29H29N3O5/c1-19-16-26(31-37-19)30-27(33)18-32-14-12-22(13-15-32)25(17-32)36-28(34)29(35)23-8-4-2-6-20(23)10-11-21-7-3-5-9-24(21)29/h2-11,16,22,25,35H,12-15,17-18H2,1H3/p+1. The number of aromatic nitrogens is 1. The van der Waals surface area contributed by atoms with E-state index in [9.17, 15) is 14.7 Å². The van der Waals surface area contributed by atoms with Crippen LogP contribution in [0.4, 0.5) is 5.82 Å². The number of piperidine rings is 3. The zero-order valence-corrected chi connectivity index (χ0v) is 20.7. The van der Waals surface area contributed by atoms with E-state index in [1.807, 2.05) is 48.6 Å². The van der Waals surface area contributed by atoms with Crippen LogP contribution in [-0.4, -0.2) is 58.9 Å². The predicted octanol–water partition coefficient (Wildman–Crippen LogP) is 3.49. The number of carbonyl (C=O) groups excluding carboxylic acids is 2. The lowest BCUT2D eigenvalue weighted by molar-refractivity contribution is -0.939. The zero-order valence-electron chi connectivity index (χ0n) is 20.7. The number of rotatable bonds is 5. The Morgan fingerprint density at radius 3 is 2.30 bits per heavy atom. The van der Waals surface area contributed by atoms with E-state index >= 15 is 0 Å². The SMILES string of the molecule is Cc1cc(NC(=O)C[N+]23CCC(CC2)C(OC(=O)C2(O)c4ccccc4C=Cc4ccccc42)C3)no1. The van der Waals surface area contributed by atoms with Gasteiger partial charge >= 0.3 is 5.97 Å². The number of esters is 1. The lowest BCUT2D eigenvalue weighted by atomic mass is 9.81. The molecule has 3 aliphatic heterocycles. The predicted molar refractivity (Wildman–Crippen MR) is 137 cm³/mol. The molecule has 8 nitrogen and oxygen atoms in total. The largest absolute Gasteiger partial charge is 0.453 e. The number of nitrogens with zero attached hydrogens (tertiary/aromatic N) is 2. The highest BCUT2D eigenvalue weighted by Crippen LogP contribution is 2.41. The van der Waals surface area contributed by atoms with Crippen LogP contribution < -0.4 is 5.32 Å². The Labute approximate surface area is 215 Å². The summed E-state index contributed by atoms with van der Waals surface area (Å²) in [5.74, 6) is 0.425. The fourth-order valence-electron chi connectivity index (χ4n) is 6.20. The van der Waals surface area contributed by atoms with Gasteiger partial charge in [-0.2, -0.15) is 0 Å². The molecular weight excluding hydrogens is 470 g/mol. The summed E-state index contributed by atoms with van der Waals surface area (Å²) in [7, 11) is 0. The quantitative estimate of drug-likeness (QED) is 0.411. The van der Waals surface area contributed by atoms with Gasteiger partial charge in [-0.15, -0.1) is 0 Å². The minimum Gasteiger partial charge on any atom is -0.453 e. The Kier molecular flexibility index (Phi) is 5.73. The van der Waals surface area contributed by atoms with Crippen LogP contribution in [0.3, 0.4) is 0 Å². The average Bonchev–Trinajstić information content (AvgIpc) is 3.25. The second-order valence-corrected chi connectivity index (χ2v) is 10.5. The number of aryl methyl sites for hydroxylation is 1. The molecule has 8 heteroatoms. The molecule has 4 aliphatic rings. The van der Waals surface area contributed by atoms with Crippen molar-refractivity contribution in [2.75, 3.05) is 31.5 Å². The number of benzene rings is 2. The smallest absolute Gasteiger partial charge is 0.348 e. The highest BCUT2D eigenvalue weighted by Gasteiger charge is 2.52. The minimum atomic E-state index is -1.93. The van der Waals surface area contributed by atoms with Gasteiger partial charge in [0.1, 0.15) is 12.3 Å². The summed E-state index contributed by atoms with van der Waals surface area (Å²) in [6.45, 7) is 4.29. The van der Waals surface area contributed by atoms with Gasteiger partial charge in [0.2, 0.25) is 5.60 Å². The first-order chi connectivity index (χ1) is 17.9. The maximum absolute atomic E-state index is 13.9. The fourth-order valence-corrected chi connectivity index (χ4v) is 6.20. The van der Waals surface area contributed by atoms with Gasteiger partial charge in [-0.3, -0.25) is 4.79 Å². The van der Waals surface area contributed by atoms with Crippen LogP contribution in [0.2, 0.25) is 0 Å². The van der Waals surface area contributed by atoms with E-state index in [1.54, 1.807) is 25.1 Å². The maximum Gasteiger partial charge on any atom is 0.348 e. The Hall–Kier alpha value is -3.75. The van der Waals surface area contributed by atoms with Crippen LogP contribution in [0.15, 0.2) is 59.1 Å². The van der Waals surface area contributed by atoms with Crippen molar-refractivity contribution in [1.82, 2.24) is 5.16 Å². The summed E-state index contributed by atoms with van der Waals surface area (Å²) in [5.41, 5.74) is 0.628. The van der Waals surface area contributed by atoms with Gasteiger partial charge in [0.05, 0.1) is 13.1 Å². The summed E-state index contributed by atoms with van der Waals surface area (Å²) in [5, 5.41) is 18.8. The molecule has 3 saturated heterocycles. The number of hydrogen-bond acceptors (Lipinski definition) is 6. The van der Waals surface area contributed by atoms with Gasteiger partial charge in [0.15, 0.2) is 18.5 Å². The average molecular weight is 501 g/mol. The van der Waals surface area contributed by atoms with Crippen LogP contribution >= 0.6 is 0 Å². The number of fused-ring (bicyclic) bond motifs is 5. The second-order valence-electron chi connectivity index (χ2n) is 10.5. The summed E-state index contributed by atoms with van der Waals surface area (Å²) in [6.07, 6.45) is 5.19. The van der Waals surface area contributed by atoms with Crippen LogP contribution in [0, 0.1) is 12.8 Å². The lowest BCUT2D eigenvalue weighted by Gasteiger charge is -2.51. The van der Waals surface area contributed by atoms with E-state index < -0.39 is 11.6 Å². The summed E-state index contributed by atoms with van der Waals surface area (Å²) in [4.78, 5) is 26.8. The van der Waals surface area contributed by atoms with Crippen molar-refractivity contribution in [3.63, 3.8) is 0 Å². The van der Waals surface area contributed by atoms with E-state index in [4.69, 9.17) is 9.26 Å². The zero-order chi connectivity index (χ0) is 25.6. The van der Waals surface area contributed by atoms with E-state index in [-0.39, 0.29) is 24.5 Å². The first-order valence-corrected chi connectivity index (χ1v) is 12.8. The third-order valence-electron chi connectivity index (χ3n) is 8.11. The van der Waals surface area contributed by atoms with E-state index in [0.717, 1.165) is 37.1 Å². The molecule has 1 amide bonds. The Bertz CT molecular complexity index is 1340. The van der Waals surface area contributed by atoms with Gasteiger partial charge in [-0.1, -0.05) is 65.8 Å². The molecule has 37 heavy (non-hydrogen) atoms. The molecule has 1 aliphatic carbocycles. The highest BCUT2D eigenvalue weighted by molar-refractivity contribution is 5.92. The number of carbonyl (C=O) groups is 2. The summed E-state index contributed by atoms with van der Waals surface area (Å²) < 4.78 is 11.8. The minimum absolute atomic E-state index is 0.143. The van der Waals surface area contributed by atoms with Crippen LogP contribution in [0.25, 0.3) is 12.2 Å². The monoisotopic (exact) mass is 500 g/mol. The first kappa shape index (κ1) is 23.6. The molecule has 0 spiro atoms. The number of anilines is 1. The van der Waals surface area contributed by atoms with Crippen molar-refractivity contribution in [2.24, 2.45) is 5.92 Å². The molecule has 1 atom stereocenters. The molecule has 3 fully saturated rings. The molecule has 0 saturated carbocycles. The van der Waals surface area contributed by atoms with Crippen LogP contribution in [0.5, 0.6) is 0 Å². The molecular formula is C29H30N3O5+. The molecule has 4 heterocycles. The Balaban J connectivity index is 1.25.